The van der Waals surface area contributed by atoms with Crippen LogP contribution in [0.15, 0.2) is 45.5 Å². The van der Waals surface area contributed by atoms with Crippen LogP contribution >= 0.6 is 11.3 Å². The minimum atomic E-state index is -0.670. The van der Waals surface area contributed by atoms with Gasteiger partial charge in [0.15, 0.2) is 6.10 Å². The smallest absolute Gasteiger partial charge is 0.308 e. The minimum Gasteiger partial charge on any atom is -0.453 e. The fourth-order valence-electron chi connectivity index (χ4n) is 2.29. The van der Waals surface area contributed by atoms with Gasteiger partial charge in [-0.2, -0.15) is 11.3 Å². The third-order valence-corrected chi connectivity index (χ3v) is 4.48. The fourth-order valence-corrected chi connectivity index (χ4v) is 2.93. The van der Waals surface area contributed by atoms with Gasteiger partial charge in [-0.25, -0.2) is 0 Å². The van der Waals surface area contributed by atoms with Crippen molar-refractivity contribution in [3.05, 3.63) is 58.1 Å². The second-order valence-electron chi connectivity index (χ2n) is 5.96. The summed E-state index contributed by atoms with van der Waals surface area (Å²) in [4.78, 5) is 23.7. The van der Waals surface area contributed by atoms with E-state index >= 15 is 0 Å². The van der Waals surface area contributed by atoms with Gasteiger partial charge >= 0.3 is 5.97 Å². The molecule has 3 aromatic rings. The lowest BCUT2D eigenvalue weighted by Crippen LogP contribution is -2.26. The second kappa shape index (κ2) is 8.59. The van der Waals surface area contributed by atoms with Crippen molar-refractivity contribution in [3.8, 4) is 11.5 Å². The molecule has 0 bridgehead atoms. The minimum absolute atomic E-state index is 0.0547. The maximum atomic E-state index is 11.9. The number of ether oxygens (including phenoxy) is 1. The van der Waals surface area contributed by atoms with Crippen molar-refractivity contribution < 1.29 is 18.7 Å². The third-order valence-electron chi connectivity index (χ3n) is 3.79. The lowest BCUT2D eigenvalue weighted by molar-refractivity contribution is -0.149. The van der Waals surface area contributed by atoms with Crippen LogP contribution in [0.3, 0.4) is 0 Å². The molecule has 27 heavy (non-hydrogen) atoms. The molecule has 0 fully saturated rings. The van der Waals surface area contributed by atoms with E-state index in [9.17, 15) is 9.59 Å². The van der Waals surface area contributed by atoms with Crippen LogP contribution in [0.5, 0.6) is 0 Å². The van der Waals surface area contributed by atoms with E-state index in [1.165, 1.54) is 11.3 Å². The average molecular weight is 385 g/mol. The summed E-state index contributed by atoms with van der Waals surface area (Å²) in [7, 11) is 0. The zero-order valence-electron chi connectivity index (χ0n) is 15.0. The standard InChI is InChI=1S/C19H19N3O4S/c1-12-3-5-14(6-4-12)19-22-21-18(26-19)13(2)25-16(23)7-9-20-17(24)15-8-10-27-11-15/h3-6,8,10-11,13H,7,9H2,1-2H3,(H,20,24). The molecule has 1 atom stereocenters. The molecule has 2 heterocycles. The van der Waals surface area contributed by atoms with Gasteiger partial charge in [-0.1, -0.05) is 17.7 Å². The molecule has 0 saturated carbocycles. The van der Waals surface area contributed by atoms with Crippen molar-refractivity contribution in [2.45, 2.75) is 26.4 Å². The van der Waals surface area contributed by atoms with Crippen molar-refractivity contribution >= 4 is 23.2 Å². The predicted octanol–water partition coefficient (Wildman–Crippen LogP) is 3.53. The highest BCUT2D eigenvalue weighted by molar-refractivity contribution is 7.08. The number of hydrogen-bond donors (Lipinski definition) is 1. The van der Waals surface area contributed by atoms with E-state index in [0.717, 1.165) is 11.1 Å². The highest BCUT2D eigenvalue weighted by atomic mass is 32.1. The molecule has 0 spiro atoms. The number of carbonyl (C=O) groups excluding carboxylic acids is 2. The Hall–Kier alpha value is -3.00. The number of nitrogens with one attached hydrogen (secondary N) is 1. The number of benzene rings is 1. The van der Waals surface area contributed by atoms with Crippen LogP contribution in [-0.4, -0.2) is 28.6 Å². The van der Waals surface area contributed by atoms with Crippen LogP contribution in [0, 0.1) is 6.92 Å². The summed E-state index contributed by atoms with van der Waals surface area (Å²) >= 11 is 1.44. The Labute approximate surface area is 160 Å². The average Bonchev–Trinajstić information content (AvgIpc) is 3.34. The topological polar surface area (TPSA) is 94.3 Å². The molecule has 140 valence electrons. The molecular weight excluding hydrogens is 366 g/mol. The summed E-state index contributed by atoms with van der Waals surface area (Å²) in [6, 6.07) is 9.40. The van der Waals surface area contributed by atoms with E-state index in [4.69, 9.17) is 9.15 Å². The zero-order valence-corrected chi connectivity index (χ0v) is 15.8. The van der Waals surface area contributed by atoms with Gasteiger partial charge in [-0.3, -0.25) is 9.59 Å². The Bertz CT molecular complexity index is 903. The predicted molar refractivity (Wildman–Crippen MR) is 100 cm³/mol. The summed E-state index contributed by atoms with van der Waals surface area (Å²) in [6.07, 6.45) is -0.615. The van der Waals surface area contributed by atoms with Crippen LogP contribution in [-0.2, 0) is 9.53 Å². The first kappa shape index (κ1) is 18.8. The molecule has 0 saturated heterocycles. The number of rotatable bonds is 7. The summed E-state index contributed by atoms with van der Waals surface area (Å²) in [5.74, 6) is -0.0721. The second-order valence-corrected chi connectivity index (χ2v) is 6.74. The van der Waals surface area contributed by atoms with E-state index < -0.39 is 12.1 Å². The van der Waals surface area contributed by atoms with E-state index in [0.29, 0.717) is 11.5 Å². The first-order chi connectivity index (χ1) is 13.0. The molecule has 0 aliphatic rings. The monoisotopic (exact) mass is 385 g/mol. The summed E-state index contributed by atoms with van der Waals surface area (Å²) in [5, 5.41) is 14.2. The summed E-state index contributed by atoms with van der Waals surface area (Å²) in [5.41, 5.74) is 2.51. The Morgan fingerprint density at radius 3 is 2.70 bits per heavy atom. The Morgan fingerprint density at radius 2 is 2.00 bits per heavy atom. The van der Waals surface area contributed by atoms with Crippen LogP contribution in [0.25, 0.3) is 11.5 Å². The van der Waals surface area contributed by atoms with Crippen LogP contribution in [0.1, 0.15) is 41.3 Å². The van der Waals surface area contributed by atoms with E-state index in [1.54, 1.807) is 18.4 Å². The molecule has 0 aliphatic carbocycles. The molecular formula is C19H19N3O4S. The molecule has 1 amide bonds. The molecule has 0 aliphatic heterocycles. The van der Waals surface area contributed by atoms with Gasteiger partial charge in [0.25, 0.3) is 11.8 Å². The van der Waals surface area contributed by atoms with E-state index in [1.807, 2.05) is 36.6 Å². The lowest BCUT2D eigenvalue weighted by Gasteiger charge is -2.09. The molecule has 1 aromatic carbocycles. The number of hydrogen-bond acceptors (Lipinski definition) is 7. The van der Waals surface area contributed by atoms with Gasteiger partial charge in [0.05, 0.1) is 6.42 Å². The number of amides is 1. The largest absolute Gasteiger partial charge is 0.453 e. The quantitative estimate of drug-likeness (QED) is 0.625. The number of aromatic nitrogens is 2. The number of aryl methyl sites for hydroxylation is 1. The lowest BCUT2D eigenvalue weighted by atomic mass is 10.1. The number of nitrogens with zero attached hydrogens (tertiary/aromatic N) is 2. The Balaban J connectivity index is 1.48. The number of carbonyl (C=O) groups is 2. The Kier molecular flexibility index (Phi) is 5.97. The maximum absolute atomic E-state index is 11.9. The van der Waals surface area contributed by atoms with Crippen LogP contribution < -0.4 is 5.32 Å². The molecule has 1 unspecified atom stereocenters. The van der Waals surface area contributed by atoms with Crippen LogP contribution in [0.4, 0.5) is 0 Å². The van der Waals surface area contributed by atoms with Gasteiger partial charge in [-0.05, 0) is 37.4 Å². The molecule has 0 radical (unpaired) electrons. The van der Waals surface area contributed by atoms with Crippen molar-refractivity contribution in [1.82, 2.24) is 15.5 Å². The normalized spacial score (nSPS) is 11.8. The van der Waals surface area contributed by atoms with Gasteiger partial charge in [0.2, 0.25) is 5.89 Å². The molecule has 3 rings (SSSR count). The summed E-state index contributed by atoms with van der Waals surface area (Å²) in [6.45, 7) is 3.85. The van der Waals surface area contributed by atoms with Crippen molar-refractivity contribution in [2.24, 2.45) is 0 Å². The highest BCUT2D eigenvalue weighted by Crippen LogP contribution is 2.22. The van der Waals surface area contributed by atoms with Crippen molar-refractivity contribution in [2.75, 3.05) is 6.54 Å². The first-order valence-electron chi connectivity index (χ1n) is 8.43. The fraction of sp³-hybridized carbons (Fsp3) is 0.263. The zero-order chi connectivity index (χ0) is 19.2. The van der Waals surface area contributed by atoms with Gasteiger partial charge < -0.3 is 14.5 Å². The highest BCUT2D eigenvalue weighted by Gasteiger charge is 2.19. The SMILES string of the molecule is Cc1ccc(-c2nnc(C(C)OC(=O)CCNC(=O)c3ccsc3)o2)cc1. The number of thiophene rings is 1. The molecule has 8 heteroatoms. The first-order valence-corrected chi connectivity index (χ1v) is 9.37. The van der Waals surface area contributed by atoms with Crippen molar-refractivity contribution in [3.63, 3.8) is 0 Å². The van der Waals surface area contributed by atoms with Gasteiger partial charge in [0, 0.05) is 23.1 Å². The summed E-state index contributed by atoms with van der Waals surface area (Å²) < 4.78 is 10.9. The van der Waals surface area contributed by atoms with Crippen molar-refractivity contribution in [1.29, 1.82) is 0 Å². The molecule has 7 nitrogen and oxygen atoms in total. The maximum Gasteiger partial charge on any atom is 0.308 e. The number of esters is 1. The molecule has 1 N–H and O–H groups in total. The van der Waals surface area contributed by atoms with Gasteiger partial charge in [-0.15, -0.1) is 10.2 Å². The molecule has 2 aromatic heterocycles. The van der Waals surface area contributed by atoms with E-state index in [-0.39, 0.29) is 24.8 Å². The van der Waals surface area contributed by atoms with Crippen LogP contribution in [0.2, 0.25) is 0 Å². The van der Waals surface area contributed by atoms with Gasteiger partial charge in [0.1, 0.15) is 0 Å². The third kappa shape index (κ3) is 5.01. The van der Waals surface area contributed by atoms with E-state index in [2.05, 4.69) is 15.5 Å². The Morgan fingerprint density at radius 1 is 1.22 bits per heavy atom.